The highest BCUT2D eigenvalue weighted by atomic mass is 32.2. The maximum atomic E-state index is 12.5. The number of hydrogen-bond donors (Lipinski definition) is 0. The molecule has 0 aliphatic carbocycles. The standard InChI is InChI=1S/C16H23N3OS/c1-13-11-19(14-5-3-4-6-15(14)21-13)12-16(20)18-9-7-17(2)8-10-18/h3-6,13H,7-12H2,1-2H3. The number of nitrogens with zero attached hydrogens (tertiary/aromatic N) is 3. The van der Waals surface area contributed by atoms with E-state index >= 15 is 0 Å². The SMILES string of the molecule is CC1CN(CC(=O)N2CCN(C)CC2)c2ccccc2S1. The van der Waals surface area contributed by atoms with Gasteiger partial charge in [-0.15, -0.1) is 11.8 Å². The summed E-state index contributed by atoms with van der Waals surface area (Å²) in [6, 6.07) is 8.42. The van der Waals surface area contributed by atoms with Gasteiger partial charge in [0, 0.05) is 42.9 Å². The van der Waals surface area contributed by atoms with Crippen molar-refractivity contribution in [3.63, 3.8) is 0 Å². The van der Waals surface area contributed by atoms with Crippen LogP contribution >= 0.6 is 11.8 Å². The van der Waals surface area contributed by atoms with Gasteiger partial charge in [-0.05, 0) is 19.2 Å². The number of para-hydroxylation sites is 1. The van der Waals surface area contributed by atoms with Crippen molar-refractivity contribution in [3.05, 3.63) is 24.3 Å². The maximum absolute atomic E-state index is 12.5. The molecule has 0 spiro atoms. The number of rotatable bonds is 2. The fourth-order valence-electron chi connectivity index (χ4n) is 2.95. The van der Waals surface area contributed by atoms with Crippen LogP contribution in [0, 0.1) is 0 Å². The zero-order chi connectivity index (χ0) is 14.8. The molecule has 1 unspecified atom stereocenters. The van der Waals surface area contributed by atoms with Gasteiger partial charge >= 0.3 is 0 Å². The molecular weight excluding hydrogens is 282 g/mol. The van der Waals surface area contributed by atoms with Gasteiger partial charge in [-0.2, -0.15) is 0 Å². The van der Waals surface area contributed by atoms with Gasteiger partial charge < -0.3 is 14.7 Å². The Morgan fingerprint density at radius 3 is 2.71 bits per heavy atom. The van der Waals surface area contributed by atoms with Gasteiger partial charge in [-0.1, -0.05) is 19.1 Å². The van der Waals surface area contributed by atoms with Crippen molar-refractivity contribution in [2.45, 2.75) is 17.1 Å². The predicted molar refractivity (Wildman–Crippen MR) is 88.1 cm³/mol. The average Bonchev–Trinajstić information content (AvgIpc) is 2.47. The lowest BCUT2D eigenvalue weighted by atomic mass is 10.2. The van der Waals surface area contributed by atoms with E-state index in [-0.39, 0.29) is 5.91 Å². The van der Waals surface area contributed by atoms with Crippen molar-refractivity contribution >= 4 is 23.4 Å². The molecule has 0 radical (unpaired) electrons. The number of thioether (sulfide) groups is 1. The van der Waals surface area contributed by atoms with Crippen LogP contribution in [0.1, 0.15) is 6.92 Å². The molecule has 0 N–H and O–H groups in total. The van der Waals surface area contributed by atoms with Crippen LogP contribution in [0.3, 0.4) is 0 Å². The van der Waals surface area contributed by atoms with E-state index in [9.17, 15) is 4.79 Å². The number of carbonyl (C=O) groups is 1. The van der Waals surface area contributed by atoms with Gasteiger partial charge in [0.2, 0.25) is 5.91 Å². The molecule has 0 bridgehead atoms. The topological polar surface area (TPSA) is 26.8 Å². The quantitative estimate of drug-likeness (QED) is 0.832. The summed E-state index contributed by atoms with van der Waals surface area (Å²) in [4.78, 5) is 20.4. The van der Waals surface area contributed by atoms with Crippen molar-refractivity contribution in [3.8, 4) is 0 Å². The van der Waals surface area contributed by atoms with Crippen molar-refractivity contribution in [2.75, 3.05) is 51.2 Å². The first-order valence-corrected chi connectivity index (χ1v) is 8.48. The molecule has 1 fully saturated rings. The first kappa shape index (κ1) is 14.7. The van der Waals surface area contributed by atoms with Crippen molar-refractivity contribution in [1.29, 1.82) is 0 Å². The summed E-state index contributed by atoms with van der Waals surface area (Å²) in [6.45, 7) is 7.36. The van der Waals surface area contributed by atoms with Gasteiger partial charge in [-0.3, -0.25) is 4.79 Å². The highest BCUT2D eigenvalue weighted by Gasteiger charge is 2.26. The Kier molecular flexibility index (Phi) is 4.40. The Bertz CT molecular complexity index is 514. The number of piperazine rings is 1. The van der Waals surface area contributed by atoms with E-state index in [0.717, 1.165) is 32.7 Å². The van der Waals surface area contributed by atoms with Crippen LogP contribution in [-0.4, -0.2) is 67.3 Å². The second-order valence-corrected chi connectivity index (χ2v) is 7.44. The Morgan fingerprint density at radius 2 is 1.95 bits per heavy atom. The average molecular weight is 305 g/mol. The summed E-state index contributed by atoms with van der Waals surface area (Å²) in [6.07, 6.45) is 0. The lowest BCUT2D eigenvalue weighted by molar-refractivity contribution is -0.131. The molecule has 4 nitrogen and oxygen atoms in total. The van der Waals surface area contributed by atoms with E-state index in [0.29, 0.717) is 11.8 Å². The molecule has 114 valence electrons. The van der Waals surface area contributed by atoms with Crippen LogP contribution in [-0.2, 0) is 4.79 Å². The van der Waals surface area contributed by atoms with E-state index in [2.05, 4.69) is 48.0 Å². The lowest BCUT2D eigenvalue weighted by Crippen LogP contribution is -2.51. The third-order valence-electron chi connectivity index (χ3n) is 4.19. The Balaban J connectivity index is 1.68. The molecule has 21 heavy (non-hydrogen) atoms. The van der Waals surface area contributed by atoms with Crippen LogP contribution < -0.4 is 4.90 Å². The van der Waals surface area contributed by atoms with Crippen molar-refractivity contribution in [1.82, 2.24) is 9.80 Å². The third kappa shape index (κ3) is 3.35. The fraction of sp³-hybridized carbons (Fsp3) is 0.562. The molecule has 1 amide bonds. The lowest BCUT2D eigenvalue weighted by Gasteiger charge is -2.37. The van der Waals surface area contributed by atoms with E-state index in [1.165, 1.54) is 10.6 Å². The largest absolute Gasteiger partial charge is 0.360 e. The summed E-state index contributed by atoms with van der Waals surface area (Å²) < 4.78 is 0. The Labute approximate surface area is 131 Å². The molecule has 1 atom stereocenters. The molecule has 1 aromatic rings. The molecule has 0 saturated carbocycles. The second-order valence-electron chi connectivity index (χ2n) is 5.96. The second kappa shape index (κ2) is 6.28. The molecule has 3 rings (SSSR count). The smallest absolute Gasteiger partial charge is 0.242 e. The normalized spacial score (nSPS) is 23.0. The zero-order valence-corrected chi connectivity index (χ0v) is 13.6. The molecular formula is C16H23N3OS. The highest BCUT2D eigenvalue weighted by Crippen LogP contribution is 2.37. The van der Waals surface area contributed by atoms with Gasteiger partial charge in [0.05, 0.1) is 12.2 Å². The number of likely N-dealkylation sites (N-methyl/N-ethyl adjacent to an activating group) is 1. The molecule has 5 heteroatoms. The van der Waals surface area contributed by atoms with Crippen molar-refractivity contribution in [2.24, 2.45) is 0 Å². The van der Waals surface area contributed by atoms with Gasteiger partial charge in [0.1, 0.15) is 0 Å². The molecule has 2 aliphatic rings. The van der Waals surface area contributed by atoms with Crippen LogP contribution in [0.5, 0.6) is 0 Å². The molecule has 1 saturated heterocycles. The minimum absolute atomic E-state index is 0.261. The minimum Gasteiger partial charge on any atom is -0.360 e. The molecule has 1 aromatic carbocycles. The molecule has 2 aliphatic heterocycles. The van der Waals surface area contributed by atoms with Crippen LogP contribution in [0.15, 0.2) is 29.2 Å². The van der Waals surface area contributed by atoms with Crippen molar-refractivity contribution < 1.29 is 4.79 Å². The first-order valence-electron chi connectivity index (χ1n) is 7.60. The molecule has 2 heterocycles. The van der Waals surface area contributed by atoms with Crippen LogP contribution in [0.4, 0.5) is 5.69 Å². The molecule has 0 aromatic heterocycles. The van der Waals surface area contributed by atoms with E-state index in [1.54, 1.807) is 0 Å². The minimum atomic E-state index is 0.261. The van der Waals surface area contributed by atoms with E-state index in [4.69, 9.17) is 0 Å². The van der Waals surface area contributed by atoms with Gasteiger partial charge in [0.25, 0.3) is 0 Å². The zero-order valence-electron chi connectivity index (χ0n) is 12.8. The monoisotopic (exact) mass is 305 g/mol. The number of hydrogen-bond acceptors (Lipinski definition) is 4. The summed E-state index contributed by atoms with van der Waals surface area (Å²) in [7, 11) is 2.11. The number of benzene rings is 1. The number of amides is 1. The van der Waals surface area contributed by atoms with Crippen LogP contribution in [0.2, 0.25) is 0 Å². The summed E-state index contributed by atoms with van der Waals surface area (Å²) in [5.74, 6) is 0.261. The summed E-state index contributed by atoms with van der Waals surface area (Å²) in [5, 5.41) is 0.528. The Morgan fingerprint density at radius 1 is 1.24 bits per heavy atom. The Hall–Kier alpha value is -1.20. The maximum Gasteiger partial charge on any atom is 0.242 e. The van der Waals surface area contributed by atoms with E-state index < -0.39 is 0 Å². The predicted octanol–water partition coefficient (Wildman–Crippen LogP) is 1.76. The van der Waals surface area contributed by atoms with Gasteiger partial charge in [0.15, 0.2) is 0 Å². The van der Waals surface area contributed by atoms with E-state index in [1.807, 2.05) is 16.7 Å². The number of fused-ring (bicyclic) bond motifs is 1. The van der Waals surface area contributed by atoms with Crippen LogP contribution in [0.25, 0.3) is 0 Å². The number of anilines is 1. The number of carbonyl (C=O) groups excluding carboxylic acids is 1. The summed E-state index contributed by atoms with van der Waals surface area (Å²) in [5.41, 5.74) is 1.21. The highest BCUT2D eigenvalue weighted by molar-refractivity contribution is 8.00. The first-order chi connectivity index (χ1) is 10.1. The van der Waals surface area contributed by atoms with Gasteiger partial charge in [-0.25, -0.2) is 0 Å². The summed E-state index contributed by atoms with van der Waals surface area (Å²) >= 11 is 1.91. The fourth-order valence-corrected chi connectivity index (χ4v) is 4.11. The third-order valence-corrected chi connectivity index (χ3v) is 5.34.